The van der Waals surface area contributed by atoms with Gasteiger partial charge < -0.3 is 10.1 Å². The largest absolute Gasteiger partial charge is 0.376 e. The maximum atomic E-state index is 6.08. The molecule has 0 radical (unpaired) electrons. The third-order valence-corrected chi connectivity index (χ3v) is 4.01. The summed E-state index contributed by atoms with van der Waals surface area (Å²) in [7, 11) is 2.00. The Hall–Kier alpha value is -0.860. The van der Waals surface area contributed by atoms with Crippen LogP contribution in [0.1, 0.15) is 44.2 Å². The molecule has 1 aliphatic carbocycles. The van der Waals surface area contributed by atoms with Crippen molar-refractivity contribution in [3.8, 4) is 0 Å². The molecule has 2 heteroatoms. The van der Waals surface area contributed by atoms with Crippen LogP contribution < -0.4 is 5.32 Å². The molecule has 1 saturated carbocycles. The Morgan fingerprint density at radius 3 is 2.44 bits per heavy atom. The van der Waals surface area contributed by atoms with E-state index >= 15 is 0 Å². The van der Waals surface area contributed by atoms with E-state index in [1.54, 1.807) is 0 Å². The summed E-state index contributed by atoms with van der Waals surface area (Å²) in [5.74, 6) is 0.888. The normalized spacial score (nSPS) is 25.9. The van der Waals surface area contributed by atoms with E-state index in [0.29, 0.717) is 12.1 Å². The molecule has 1 unspecified atom stereocenters. The van der Waals surface area contributed by atoms with Crippen molar-refractivity contribution in [2.24, 2.45) is 5.92 Å². The first kappa shape index (κ1) is 13.6. The topological polar surface area (TPSA) is 21.3 Å². The summed E-state index contributed by atoms with van der Waals surface area (Å²) in [6, 6.07) is 10.9. The second-order valence-electron chi connectivity index (χ2n) is 5.47. The smallest absolute Gasteiger partial charge is 0.0665 e. The van der Waals surface area contributed by atoms with Crippen LogP contribution in [0.3, 0.4) is 0 Å². The van der Waals surface area contributed by atoms with Crippen LogP contribution in [-0.2, 0) is 4.74 Å². The van der Waals surface area contributed by atoms with E-state index in [1.807, 2.05) is 7.05 Å². The lowest BCUT2D eigenvalue weighted by atomic mass is 9.89. The zero-order chi connectivity index (χ0) is 12.8. The van der Waals surface area contributed by atoms with Gasteiger partial charge in [-0.2, -0.15) is 0 Å². The Morgan fingerprint density at radius 2 is 1.83 bits per heavy atom. The predicted octanol–water partition coefficient (Wildman–Crippen LogP) is 3.54. The lowest BCUT2D eigenvalue weighted by Crippen LogP contribution is -2.27. The summed E-state index contributed by atoms with van der Waals surface area (Å²) >= 11 is 0. The van der Waals surface area contributed by atoms with Crippen molar-refractivity contribution in [3.05, 3.63) is 35.9 Å². The predicted molar refractivity (Wildman–Crippen MR) is 75.6 cm³/mol. The van der Waals surface area contributed by atoms with Crippen LogP contribution in [0.15, 0.2) is 30.3 Å². The quantitative estimate of drug-likeness (QED) is 0.859. The summed E-state index contributed by atoms with van der Waals surface area (Å²) in [6.45, 7) is 3.12. The molecule has 0 saturated heterocycles. The summed E-state index contributed by atoms with van der Waals surface area (Å²) in [5, 5.41) is 3.34. The molecule has 100 valence electrons. The molecule has 1 fully saturated rings. The van der Waals surface area contributed by atoms with Gasteiger partial charge in [-0.15, -0.1) is 0 Å². The molecule has 0 spiro atoms. The fourth-order valence-electron chi connectivity index (χ4n) is 2.66. The zero-order valence-corrected chi connectivity index (χ0v) is 11.6. The zero-order valence-electron chi connectivity index (χ0n) is 11.6. The van der Waals surface area contributed by atoms with E-state index < -0.39 is 0 Å². The van der Waals surface area contributed by atoms with Gasteiger partial charge in [-0.05, 0) is 44.2 Å². The first-order chi connectivity index (χ1) is 8.79. The number of hydrogen-bond acceptors (Lipinski definition) is 2. The van der Waals surface area contributed by atoms with Crippen molar-refractivity contribution in [1.29, 1.82) is 0 Å². The lowest BCUT2D eigenvalue weighted by molar-refractivity contribution is 0.00882. The monoisotopic (exact) mass is 247 g/mol. The van der Waals surface area contributed by atoms with Gasteiger partial charge in [-0.25, -0.2) is 0 Å². The summed E-state index contributed by atoms with van der Waals surface area (Å²) in [6.07, 6.45) is 5.57. The Bertz CT molecular complexity index is 330. The first-order valence-electron chi connectivity index (χ1n) is 7.13. The number of ether oxygens (including phenoxy) is 1. The van der Waals surface area contributed by atoms with E-state index in [1.165, 1.54) is 31.2 Å². The van der Waals surface area contributed by atoms with Crippen LogP contribution >= 0.6 is 0 Å². The molecule has 1 aromatic carbocycles. The second kappa shape index (κ2) is 6.91. The molecule has 1 aliphatic rings. The summed E-state index contributed by atoms with van der Waals surface area (Å²) < 4.78 is 6.08. The molecule has 0 heterocycles. The van der Waals surface area contributed by atoms with Crippen LogP contribution in [0.25, 0.3) is 0 Å². The molecular weight excluding hydrogens is 222 g/mol. The van der Waals surface area contributed by atoms with Crippen LogP contribution in [0.4, 0.5) is 0 Å². The van der Waals surface area contributed by atoms with Gasteiger partial charge in [0.15, 0.2) is 0 Å². The van der Waals surface area contributed by atoms with Crippen LogP contribution in [0.2, 0.25) is 0 Å². The van der Waals surface area contributed by atoms with Gasteiger partial charge in [-0.1, -0.05) is 37.3 Å². The Morgan fingerprint density at radius 1 is 1.17 bits per heavy atom. The highest BCUT2D eigenvalue weighted by Crippen LogP contribution is 2.26. The van der Waals surface area contributed by atoms with Gasteiger partial charge in [0.2, 0.25) is 0 Å². The Labute approximate surface area is 111 Å². The van der Waals surface area contributed by atoms with Gasteiger partial charge in [0.05, 0.1) is 18.8 Å². The number of hydrogen-bond donors (Lipinski definition) is 1. The molecule has 0 bridgehead atoms. The van der Waals surface area contributed by atoms with Gasteiger partial charge >= 0.3 is 0 Å². The van der Waals surface area contributed by atoms with Crippen molar-refractivity contribution in [2.75, 3.05) is 13.7 Å². The van der Waals surface area contributed by atoms with Gasteiger partial charge in [0.1, 0.15) is 0 Å². The third kappa shape index (κ3) is 3.82. The fourth-order valence-corrected chi connectivity index (χ4v) is 2.66. The molecule has 1 atom stereocenters. The van der Waals surface area contributed by atoms with Crippen LogP contribution in [0, 0.1) is 5.92 Å². The molecule has 18 heavy (non-hydrogen) atoms. The van der Waals surface area contributed by atoms with E-state index in [0.717, 1.165) is 12.5 Å². The maximum Gasteiger partial charge on any atom is 0.0665 e. The van der Waals surface area contributed by atoms with E-state index in [2.05, 4.69) is 42.6 Å². The standard InChI is InChI=1S/C16H25NO/c1-13-8-10-15(11-9-13)18-12-16(17-2)14-6-4-3-5-7-14/h3-7,13,15-17H,8-12H2,1-2H3. The van der Waals surface area contributed by atoms with Crippen molar-refractivity contribution in [3.63, 3.8) is 0 Å². The van der Waals surface area contributed by atoms with Crippen molar-refractivity contribution < 1.29 is 4.74 Å². The minimum Gasteiger partial charge on any atom is -0.376 e. The fraction of sp³-hybridized carbons (Fsp3) is 0.625. The average Bonchev–Trinajstić information content (AvgIpc) is 2.43. The number of likely N-dealkylation sites (N-methyl/N-ethyl adjacent to an activating group) is 1. The average molecular weight is 247 g/mol. The molecule has 1 N–H and O–H groups in total. The van der Waals surface area contributed by atoms with Crippen molar-refractivity contribution >= 4 is 0 Å². The van der Waals surface area contributed by atoms with Crippen molar-refractivity contribution in [1.82, 2.24) is 5.32 Å². The highest BCUT2D eigenvalue weighted by Gasteiger charge is 2.20. The van der Waals surface area contributed by atoms with Crippen LogP contribution in [0.5, 0.6) is 0 Å². The molecule has 0 aromatic heterocycles. The third-order valence-electron chi connectivity index (χ3n) is 4.01. The van der Waals surface area contributed by atoms with Crippen LogP contribution in [-0.4, -0.2) is 19.8 Å². The maximum absolute atomic E-state index is 6.08. The van der Waals surface area contributed by atoms with Crippen molar-refractivity contribution in [2.45, 2.75) is 44.8 Å². The molecule has 1 aromatic rings. The Balaban J connectivity index is 1.81. The second-order valence-corrected chi connectivity index (χ2v) is 5.47. The Kier molecular flexibility index (Phi) is 5.21. The van der Waals surface area contributed by atoms with E-state index in [9.17, 15) is 0 Å². The lowest BCUT2D eigenvalue weighted by Gasteiger charge is -2.28. The first-order valence-corrected chi connectivity index (χ1v) is 7.13. The SMILES string of the molecule is CNC(COC1CCC(C)CC1)c1ccccc1. The van der Waals surface area contributed by atoms with Gasteiger partial charge in [0.25, 0.3) is 0 Å². The molecule has 0 amide bonds. The molecule has 2 nitrogen and oxygen atoms in total. The summed E-state index contributed by atoms with van der Waals surface area (Å²) in [4.78, 5) is 0. The molecular formula is C16H25NO. The summed E-state index contributed by atoms with van der Waals surface area (Å²) in [5.41, 5.74) is 1.31. The van der Waals surface area contributed by atoms with Gasteiger partial charge in [-0.3, -0.25) is 0 Å². The minimum absolute atomic E-state index is 0.311. The highest BCUT2D eigenvalue weighted by atomic mass is 16.5. The van der Waals surface area contributed by atoms with Gasteiger partial charge in [0, 0.05) is 0 Å². The van der Waals surface area contributed by atoms with E-state index in [4.69, 9.17) is 4.74 Å². The minimum atomic E-state index is 0.311. The molecule has 2 rings (SSSR count). The number of nitrogens with one attached hydrogen (secondary N) is 1. The molecule has 0 aliphatic heterocycles. The number of benzene rings is 1. The van der Waals surface area contributed by atoms with E-state index in [-0.39, 0.29) is 0 Å². The number of rotatable bonds is 5. The highest BCUT2D eigenvalue weighted by molar-refractivity contribution is 5.18.